The van der Waals surface area contributed by atoms with Gasteiger partial charge < -0.3 is 14.9 Å². The highest BCUT2D eigenvalue weighted by Gasteiger charge is 2.16. The number of aryl methyl sites for hydroxylation is 1. The monoisotopic (exact) mass is 227 g/mol. The second-order valence-corrected chi connectivity index (χ2v) is 4.21. The zero-order chi connectivity index (χ0) is 12.1. The van der Waals surface area contributed by atoms with Crippen LogP contribution in [-0.2, 0) is 6.42 Å². The minimum atomic E-state index is -1.02. The number of rotatable bonds is 5. The summed E-state index contributed by atoms with van der Waals surface area (Å²) in [6.07, 6.45) is 0.188. The third kappa shape index (κ3) is 4.29. The summed E-state index contributed by atoms with van der Waals surface area (Å²) in [5, 5.41) is 14.9. The molecule has 1 aromatic heterocycles. The predicted molar refractivity (Wildman–Crippen MR) is 57.1 cm³/mol. The van der Waals surface area contributed by atoms with E-state index in [9.17, 15) is 4.79 Å². The van der Waals surface area contributed by atoms with E-state index >= 15 is 0 Å². The molecule has 1 atom stereocenters. The highest BCUT2D eigenvalue weighted by Crippen LogP contribution is 2.09. The van der Waals surface area contributed by atoms with Crippen molar-refractivity contribution in [1.29, 1.82) is 0 Å². The molecule has 6 nitrogen and oxygen atoms in total. The van der Waals surface area contributed by atoms with Gasteiger partial charge in [-0.15, -0.1) is 0 Å². The van der Waals surface area contributed by atoms with Crippen LogP contribution in [0.1, 0.15) is 32.0 Å². The van der Waals surface area contributed by atoms with Crippen molar-refractivity contribution < 1.29 is 14.4 Å². The molecule has 90 valence electrons. The van der Waals surface area contributed by atoms with Crippen LogP contribution in [0.5, 0.6) is 0 Å². The van der Waals surface area contributed by atoms with Gasteiger partial charge in [-0.1, -0.05) is 19.0 Å². The lowest BCUT2D eigenvalue weighted by molar-refractivity contribution is 0.187. The zero-order valence-corrected chi connectivity index (χ0v) is 9.73. The molecule has 1 heterocycles. The SMILES string of the molecule is Cc1nc(CC(CC(C)C)NC(=O)O)no1. The maximum absolute atomic E-state index is 10.6. The molecule has 0 aliphatic carbocycles. The van der Waals surface area contributed by atoms with E-state index in [0.29, 0.717) is 24.1 Å². The maximum atomic E-state index is 10.6. The molecule has 1 aromatic rings. The summed E-state index contributed by atoms with van der Waals surface area (Å²) in [6.45, 7) is 5.79. The number of nitrogens with one attached hydrogen (secondary N) is 1. The van der Waals surface area contributed by atoms with Crippen molar-refractivity contribution in [2.45, 2.75) is 39.7 Å². The van der Waals surface area contributed by atoms with E-state index in [-0.39, 0.29) is 6.04 Å². The number of hydrogen-bond donors (Lipinski definition) is 2. The Bertz CT molecular complexity index is 349. The van der Waals surface area contributed by atoms with E-state index in [2.05, 4.69) is 15.5 Å². The van der Waals surface area contributed by atoms with Gasteiger partial charge in [0.2, 0.25) is 5.89 Å². The largest absolute Gasteiger partial charge is 0.465 e. The van der Waals surface area contributed by atoms with Crippen molar-refractivity contribution in [3.05, 3.63) is 11.7 Å². The normalized spacial score (nSPS) is 12.8. The first-order chi connectivity index (χ1) is 7.47. The van der Waals surface area contributed by atoms with Crippen molar-refractivity contribution in [1.82, 2.24) is 15.5 Å². The van der Waals surface area contributed by atoms with Gasteiger partial charge in [-0.3, -0.25) is 0 Å². The molecule has 2 N–H and O–H groups in total. The lowest BCUT2D eigenvalue weighted by atomic mass is 10.0. The first-order valence-corrected chi connectivity index (χ1v) is 5.26. The van der Waals surface area contributed by atoms with Crippen LogP contribution in [0.4, 0.5) is 4.79 Å². The molecule has 1 unspecified atom stereocenters. The van der Waals surface area contributed by atoms with Crippen LogP contribution >= 0.6 is 0 Å². The topological polar surface area (TPSA) is 88.2 Å². The van der Waals surface area contributed by atoms with Gasteiger partial charge in [0.1, 0.15) is 0 Å². The summed E-state index contributed by atoms with van der Waals surface area (Å²) >= 11 is 0. The maximum Gasteiger partial charge on any atom is 0.404 e. The van der Waals surface area contributed by atoms with Crippen molar-refractivity contribution in [3.63, 3.8) is 0 Å². The molecular weight excluding hydrogens is 210 g/mol. The molecule has 0 saturated carbocycles. The molecule has 1 amide bonds. The predicted octanol–water partition coefficient (Wildman–Crippen LogP) is 1.60. The highest BCUT2D eigenvalue weighted by molar-refractivity contribution is 5.64. The quantitative estimate of drug-likeness (QED) is 0.797. The van der Waals surface area contributed by atoms with E-state index in [1.807, 2.05) is 13.8 Å². The average molecular weight is 227 g/mol. The molecule has 0 aliphatic rings. The van der Waals surface area contributed by atoms with E-state index in [4.69, 9.17) is 9.63 Å². The summed E-state index contributed by atoms with van der Waals surface area (Å²) in [5.41, 5.74) is 0. The summed E-state index contributed by atoms with van der Waals surface area (Å²) in [7, 11) is 0. The smallest absolute Gasteiger partial charge is 0.404 e. The Morgan fingerprint density at radius 3 is 2.69 bits per heavy atom. The van der Waals surface area contributed by atoms with E-state index in [0.717, 1.165) is 6.42 Å². The Kier molecular flexibility index (Phi) is 4.28. The molecule has 0 aliphatic heterocycles. The lowest BCUT2D eigenvalue weighted by Crippen LogP contribution is -2.36. The summed E-state index contributed by atoms with van der Waals surface area (Å²) < 4.78 is 4.84. The molecule has 0 fully saturated rings. The molecule has 0 saturated heterocycles. The van der Waals surface area contributed by atoms with Crippen molar-refractivity contribution in [2.75, 3.05) is 0 Å². The van der Waals surface area contributed by atoms with Crippen LogP contribution in [0.15, 0.2) is 4.52 Å². The van der Waals surface area contributed by atoms with Crippen LogP contribution in [0.3, 0.4) is 0 Å². The molecule has 0 radical (unpaired) electrons. The van der Waals surface area contributed by atoms with Crippen molar-refractivity contribution >= 4 is 6.09 Å². The number of aromatic nitrogens is 2. The lowest BCUT2D eigenvalue weighted by Gasteiger charge is -2.16. The van der Waals surface area contributed by atoms with E-state index < -0.39 is 6.09 Å². The van der Waals surface area contributed by atoms with Gasteiger partial charge in [0.25, 0.3) is 0 Å². The number of carbonyl (C=O) groups is 1. The molecule has 1 rings (SSSR count). The van der Waals surface area contributed by atoms with Gasteiger partial charge in [0.15, 0.2) is 5.82 Å². The second kappa shape index (κ2) is 5.48. The summed E-state index contributed by atoms with van der Waals surface area (Å²) in [4.78, 5) is 14.7. The fourth-order valence-electron chi connectivity index (χ4n) is 1.58. The number of amides is 1. The third-order valence-corrected chi connectivity index (χ3v) is 2.08. The fourth-order valence-corrected chi connectivity index (χ4v) is 1.58. The highest BCUT2D eigenvalue weighted by atomic mass is 16.5. The van der Waals surface area contributed by atoms with Gasteiger partial charge in [-0.05, 0) is 12.3 Å². The van der Waals surface area contributed by atoms with Crippen LogP contribution in [0.2, 0.25) is 0 Å². The van der Waals surface area contributed by atoms with Crippen molar-refractivity contribution in [2.24, 2.45) is 5.92 Å². The average Bonchev–Trinajstić information content (AvgIpc) is 2.48. The molecule has 16 heavy (non-hydrogen) atoms. The van der Waals surface area contributed by atoms with Crippen LogP contribution in [-0.4, -0.2) is 27.4 Å². The molecule has 6 heteroatoms. The Morgan fingerprint density at radius 2 is 2.25 bits per heavy atom. The van der Waals surface area contributed by atoms with Gasteiger partial charge in [0.05, 0.1) is 0 Å². The third-order valence-electron chi connectivity index (χ3n) is 2.08. The fraction of sp³-hybridized carbons (Fsp3) is 0.700. The molecule has 0 spiro atoms. The Balaban J connectivity index is 2.58. The molecule has 0 bridgehead atoms. The first kappa shape index (κ1) is 12.5. The van der Waals surface area contributed by atoms with Gasteiger partial charge in [-0.25, -0.2) is 4.79 Å². The minimum absolute atomic E-state index is 0.172. The molecule has 0 aromatic carbocycles. The molecular formula is C10H17N3O3. The first-order valence-electron chi connectivity index (χ1n) is 5.26. The minimum Gasteiger partial charge on any atom is -0.465 e. The van der Waals surface area contributed by atoms with Crippen molar-refractivity contribution in [3.8, 4) is 0 Å². The summed E-state index contributed by atoms with van der Waals surface area (Å²) in [6, 6.07) is -0.172. The van der Waals surface area contributed by atoms with Gasteiger partial charge in [0, 0.05) is 19.4 Å². The van der Waals surface area contributed by atoms with Crippen LogP contribution < -0.4 is 5.32 Å². The standard InChI is InChI=1S/C10H17N3O3/c1-6(2)4-8(12-10(14)15)5-9-11-7(3)16-13-9/h6,8,12H,4-5H2,1-3H3,(H,14,15). The van der Waals surface area contributed by atoms with E-state index in [1.165, 1.54) is 0 Å². The number of carboxylic acid groups (broad SMARTS) is 1. The van der Waals surface area contributed by atoms with Gasteiger partial charge >= 0.3 is 6.09 Å². The van der Waals surface area contributed by atoms with Crippen LogP contribution in [0, 0.1) is 12.8 Å². The Labute approximate surface area is 94.0 Å². The Hall–Kier alpha value is -1.59. The summed E-state index contributed by atoms with van der Waals surface area (Å²) in [5.74, 6) is 1.44. The number of nitrogens with zero attached hydrogens (tertiary/aromatic N) is 2. The van der Waals surface area contributed by atoms with Gasteiger partial charge in [-0.2, -0.15) is 4.98 Å². The zero-order valence-electron chi connectivity index (χ0n) is 9.73. The second-order valence-electron chi connectivity index (χ2n) is 4.21. The number of hydrogen-bond acceptors (Lipinski definition) is 4. The van der Waals surface area contributed by atoms with Crippen LogP contribution in [0.25, 0.3) is 0 Å². The Morgan fingerprint density at radius 1 is 1.56 bits per heavy atom. The van der Waals surface area contributed by atoms with E-state index in [1.54, 1.807) is 6.92 Å².